The van der Waals surface area contributed by atoms with Gasteiger partial charge >= 0.3 is 0 Å². The minimum absolute atomic E-state index is 0.407. The molecule has 0 aromatic heterocycles. The predicted molar refractivity (Wildman–Crippen MR) is 135 cm³/mol. The second-order valence-corrected chi connectivity index (χ2v) is 13.5. The lowest BCUT2D eigenvalue weighted by molar-refractivity contribution is -0.132. The van der Waals surface area contributed by atoms with Gasteiger partial charge in [-0.1, -0.05) is 60.0 Å². The number of rotatable bonds is 7. The Labute approximate surface area is 194 Å². The van der Waals surface area contributed by atoms with Crippen molar-refractivity contribution in [2.24, 2.45) is 63.9 Å². The predicted octanol–water partition coefficient (Wildman–Crippen LogP) is 8.24. The average molecular weight is 428 g/mol. The lowest BCUT2D eigenvalue weighted by Gasteiger charge is -2.63. The Balaban J connectivity index is 1.49. The largest absolute Gasteiger partial charge is 0.327 e. The van der Waals surface area contributed by atoms with E-state index in [-0.39, 0.29) is 0 Å². The van der Waals surface area contributed by atoms with Gasteiger partial charge in [-0.15, -0.1) is 6.58 Å². The van der Waals surface area contributed by atoms with Crippen LogP contribution in [0.15, 0.2) is 12.7 Å². The first kappa shape index (κ1) is 23.8. The Hall–Kier alpha value is -0.300. The molecule has 0 aromatic rings. The van der Waals surface area contributed by atoms with E-state index in [2.05, 4.69) is 47.3 Å². The summed E-state index contributed by atoms with van der Waals surface area (Å²) in [4.78, 5) is 0. The summed E-state index contributed by atoms with van der Waals surface area (Å²) < 4.78 is 0. The summed E-state index contributed by atoms with van der Waals surface area (Å²) in [6, 6.07) is 0.407. The van der Waals surface area contributed by atoms with Crippen LogP contribution in [0.4, 0.5) is 0 Å². The molecule has 1 heteroatoms. The third-order valence-corrected chi connectivity index (χ3v) is 11.7. The molecular weight excluding hydrogens is 374 g/mol. The summed E-state index contributed by atoms with van der Waals surface area (Å²) in [5.41, 5.74) is 7.82. The zero-order valence-electron chi connectivity index (χ0n) is 21.5. The van der Waals surface area contributed by atoms with Crippen LogP contribution in [0.3, 0.4) is 0 Å². The zero-order chi connectivity index (χ0) is 22.4. The van der Waals surface area contributed by atoms with Gasteiger partial charge in [0.25, 0.3) is 0 Å². The van der Waals surface area contributed by atoms with E-state index in [1.807, 2.05) is 0 Å². The molecule has 0 aliphatic heterocycles. The van der Waals surface area contributed by atoms with Gasteiger partial charge in [0.15, 0.2) is 0 Å². The van der Waals surface area contributed by atoms with Crippen molar-refractivity contribution in [2.75, 3.05) is 0 Å². The maximum atomic E-state index is 6.67. The highest BCUT2D eigenvalue weighted by Crippen LogP contribution is 2.69. The normalized spacial score (nSPS) is 48.0. The van der Waals surface area contributed by atoms with Gasteiger partial charge in [0, 0.05) is 6.04 Å². The molecular formula is C30H53N. The molecule has 0 saturated heterocycles. The van der Waals surface area contributed by atoms with Gasteiger partial charge in [0.05, 0.1) is 0 Å². The summed E-state index contributed by atoms with van der Waals surface area (Å²) in [6.45, 7) is 16.9. The van der Waals surface area contributed by atoms with Crippen molar-refractivity contribution in [1.82, 2.24) is 0 Å². The maximum Gasteiger partial charge on any atom is 0.00731 e. The van der Waals surface area contributed by atoms with Gasteiger partial charge in [-0.25, -0.2) is 0 Å². The SMILES string of the molecule is C=CCC1C(N)CC[C@@]2(C)C1CC[C@H]1[C@@H]3CC[C@H]([C@@H](C)CCCC(C)C)[C@@]3(C)CC[C@@H]12. The lowest BCUT2D eigenvalue weighted by Crippen LogP contribution is -2.57. The molecule has 10 atom stereocenters. The molecule has 4 aliphatic carbocycles. The van der Waals surface area contributed by atoms with E-state index in [4.69, 9.17) is 5.73 Å². The van der Waals surface area contributed by atoms with Crippen LogP contribution in [0.2, 0.25) is 0 Å². The fraction of sp³-hybridized carbons (Fsp3) is 0.933. The molecule has 178 valence electrons. The van der Waals surface area contributed by atoms with E-state index >= 15 is 0 Å². The van der Waals surface area contributed by atoms with Gasteiger partial charge in [-0.3, -0.25) is 0 Å². The van der Waals surface area contributed by atoms with Crippen LogP contribution in [0.5, 0.6) is 0 Å². The Morgan fingerprint density at radius 1 is 0.871 bits per heavy atom. The smallest absolute Gasteiger partial charge is 0.00731 e. The van der Waals surface area contributed by atoms with E-state index in [9.17, 15) is 0 Å². The number of fused-ring (bicyclic) bond motifs is 5. The Bertz CT molecular complexity index is 624. The zero-order valence-corrected chi connectivity index (χ0v) is 21.5. The molecule has 2 N–H and O–H groups in total. The Morgan fingerprint density at radius 3 is 2.26 bits per heavy atom. The van der Waals surface area contributed by atoms with E-state index in [1.165, 1.54) is 70.6 Å². The van der Waals surface area contributed by atoms with Gasteiger partial charge in [0.2, 0.25) is 0 Å². The van der Waals surface area contributed by atoms with Gasteiger partial charge < -0.3 is 5.73 Å². The summed E-state index contributed by atoms with van der Waals surface area (Å²) in [5, 5.41) is 0. The minimum atomic E-state index is 0.407. The fourth-order valence-electron chi connectivity index (χ4n) is 10.1. The third-order valence-electron chi connectivity index (χ3n) is 11.7. The molecule has 3 unspecified atom stereocenters. The lowest BCUT2D eigenvalue weighted by atomic mass is 9.42. The molecule has 0 spiro atoms. The molecule has 1 nitrogen and oxygen atoms in total. The summed E-state index contributed by atoms with van der Waals surface area (Å²) in [7, 11) is 0. The molecule has 0 radical (unpaired) electrons. The van der Waals surface area contributed by atoms with Crippen molar-refractivity contribution in [3.63, 3.8) is 0 Å². The van der Waals surface area contributed by atoms with Crippen LogP contribution in [-0.4, -0.2) is 6.04 Å². The highest BCUT2D eigenvalue weighted by molar-refractivity contribution is 5.11. The molecule has 0 bridgehead atoms. The highest BCUT2D eigenvalue weighted by atomic mass is 14.7. The molecule has 0 aromatic carbocycles. The number of allylic oxidation sites excluding steroid dienone is 1. The molecule has 4 saturated carbocycles. The van der Waals surface area contributed by atoms with Crippen molar-refractivity contribution < 1.29 is 0 Å². The highest BCUT2D eigenvalue weighted by Gasteiger charge is 2.61. The van der Waals surface area contributed by atoms with Gasteiger partial charge in [0.1, 0.15) is 0 Å². The third kappa shape index (κ3) is 4.08. The van der Waals surface area contributed by atoms with Crippen molar-refractivity contribution in [3.05, 3.63) is 12.7 Å². The monoisotopic (exact) mass is 427 g/mol. The number of hydrogen-bond donors (Lipinski definition) is 1. The van der Waals surface area contributed by atoms with E-state index in [0.717, 1.165) is 47.8 Å². The first-order valence-electron chi connectivity index (χ1n) is 14.1. The van der Waals surface area contributed by atoms with Gasteiger partial charge in [-0.2, -0.15) is 0 Å². The van der Waals surface area contributed by atoms with Crippen molar-refractivity contribution >= 4 is 0 Å². The molecule has 0 heterocycles. The molecule has 4 rings (SSSR count). The van der Waals surface area contributed by atoms with E-state index < -0.39 is 0 Å². The molecule has 31 heavy (non-hydrogen) atoms. The van der Waals surface area contributed by atoms with Crippen molar-refractivity contribution in [3.8, 4) is 0 Å². The minimum Gasteiger partial charge on any atom is -0.327 e. The maximum absolute atomic E-state index is 6.67. The second-order valence-electron chi connectivity index (χ2n) is 13.5. The Morgan fingerprint density at radius 2 is 1.55 bits per heavy atom. The van der Waals surface area contributed by atoms with Crippen LogP contribution in [-0.2, 0) is 0 Å². The topological polar surface area (TPSA) is 26.0 Å². The summed E-state index contributed by atoms with van der Waals surface area (Å²) in [5.74, 6) is 7.22. The fourth-order valence-corrected chi connectivity index (χ4v) is 10.1. The van der Waals surface area contributed by atoms with E-state index in [0.29, 0.717) is 22.8 Å². The van der Waals surface area contributed by atoms with Crippen LogP contribution < -0.4 is 5.73 Å². The van der Waals surface area contributed by atoms with Crippen LogP contribution >= 0.6 is 0 Å². The average Bonchev–Trinajstić information content (AvgIpc) is 3.07. The molecule has 0 amide bonds. The first-order valence-corrected chi connectivity index (χ1v) is 14.1. The van der Waals surface area contributed by atoms with E-state index in [1.54, 1.807) is 0 Å². The quantitative estimate of drug-likeness (QED) is 0.407. The summed E-state index contributed by atoms with van der Waals surface area (Å²) in [6.07, 6.45) is 19.2. The van der Waals surface area contributed by atoms with Crippen LogP contribution in [0.25, 0.3) is 0 Å². The van der Waals surface area contributed by atoms with Crippen molar-refractivity contribution in [2.45, 2.75) is 118 Å². The summed E-state index contributed by atoms with van der Waals surface area (Å²) >= 11 is 0. The number of nitrogens with two attached hydrogens (primary N) is 1. The van der Waals surface area contributed by atoms with Crippen LogP contribution in [0.1, 0.15) is 112 Å². The number of hydrogen-bond acceptors (Lipinski definition) is 1. The second kappa shape index (κ2) is 9.15. The van der Waals surface area contributed by atoms with Crippen LogP contribution in [0, 0.1) is 58.2 Å². The van der Waals surface area contributed by atoms with Crippen molar-refractivity contribution in [1.29, 1.82) is 0 Å². The molecule has 4 aliphatic rings. The Kier molecular flexibility index (Phi) is 7.04. The standard InChI is InChI=1S/C30H53N/c1-7-9-23-26-13-12-22-25-15-14-24(21(4)11-8-10-20(2)3)29(25,5)18-16-27(22)30(26,6)19-17-28(23)31/h7,20-28H,1,8-19,31H2,2-6H3/t21-,22-,23?,24+,25-,26?,27-,28?,29+,30-/m0/s1. The molecule has 4 fully saturated rings. The first-order chi connectivity index (χ1) is 14.7. The van der Waals surface area contributed by atoms with Gasteiger partial charge in [-0.05, 0) is 116 Å².